The van der Waals surface area contributed by atoms with Crippen LogP contribution in [-0.2, 0) is 4.79 Å². The van der Waals surface area contributed by atoms with E-state index in [-0.39, 0.29) is 23.6 Å². The lowest BCUT2D eigenvalue weighted by Gasteiger charge is -2.30. The average molecular weight is 398 g/mol. The van der Waals surface area contributed by atoms with Crippen LogP contribution < -0.4 is 10.6 Å². The summed E-state index contributed by atoms with van der Waals surface area (Å²) in [4.78, 5) is 13.4. The van der Waals surface area contributed by atoms with Gasteiger partial charge in [0.15, 0.2) is 5.78 Å². The number of carbonyl (C=O) groups is 1. The van der Waals surface area contributed by atoms with Gasteiger partial charge in [-0.15, -0.1) is 0 Å². The highest BCUT2D eigenvalue weighted by atomic mass is 19.1. The van der Waals surface area contributed by atoms with E-state index in [1.165, 1.54) is 23.3 Å². The molecule has 0 fully saturated rings. The van der Waals surface area contributed by atoms with Gasteiger partial charge in [0.25, 0.3) is 0 Å². The second-order valence-electron chi connectivity index (χ2n) is 8.13. The van der Waals surface area contributed by atoms with Crippen LogP contribution in [0, 0.1) is 12.7 Å². The Morgan fingerprint density at radius 1 is 0.833 bits per heavy atom. The molecule has 4 heteroatoms. The third-order valence-electron chi connectivity index (χ3n) is 6.06. The Balaban J connectivity index is 1.60. The summed E-state index contributed by atoms with van der Waals surface area (Å²) in [6.45, 7) is 2.07. The molecular formula is C26H23FN2O. The Bertz CT molecular complexity index is 1130. The molecular weight excluding hydrogens is 375 g/mol. The number of hydrogen-bond acceptors (Lipinski definition) is 3. The molecule has 1 heterocycles. The fourth-order valence-corrected chi connectivity index (χ4v) is 4.47. The Labute approximate surface area is 175 Å². The summed E-state index contributed by atoms with van der Waals surface area (Å²) in [5, 5.41) is 7.06. The molecule has 3 nitrogen and oxygen atoms in total. The summed E-state index contributed by atoms with van der Waals surface area (Å²) in [6.07, 6.45) is 1.23. The van der Waals surface area contributed by atoms with E-state index in [0.29, 0.717) is 6.42 Å². The van der Waals surface area contributed by atoms with Gasteiger partial charge in [-0.3, -0.25) is 4.79 Å². The smallest absolute Gasteiger partial charge is 0.163 e. The highest BCUT2D eigenvalue weighted by Crippen LogP contribution is 2.44. The van der Waals surface area contributed by atoms with Gasteiger partial charge in [0.2, 0.25) is 0 Å². The highest BCUT2D eigenvalue weighted by molar-refractivity contribution is 6.01. The number of anilines is 2. The van der Waals surface area contributed by atoms with Crippen LogP contribution in [-0.4, -0.2) is 5.78 Å². The first-order chi connectivity index (χ1) is 14.6. The molecule has 0 unspecified atom stereocenters. The molecule has 0 saturated carbocycles. The van der Waals surface area contributed by atoms with E-state index < -0.39 is 0 Å². The van der Waals surface area contributed by atoms with Crippen LogP contribution in [0.4, 0.5) is 15.8 Å². The van der Waals surface area contributed by atoms with Crippen molar-refractivity contribution >= 4 is 17.2 Å². The van der Waals surface area contributed by atoms with Crippen molar-refractivity contribution in [3.8, 4) is 0 Å². The number of allylic oxidation sites excluding steroid dienone is 1. The van der Waals surface area contributed by atoms with E-state index in [1.807, 2.05) is 24.3 Å². The molecule has 0 amide bonds. The molecule has 1 aliphatic heterocycles. The lowest BCUT2D eigenvalue weighted by Crippen LogP contribution is -2.26. The number of nitrogens with one attached hydrogen (secondary N) is 2. The quantitative estimate of drug-likeness (QED) is 0.547. The second-order valence-corrected chi connectivity index (χ2v) is 8.13. The maximum absolute atomic E-state index is 13.5. The van der Waals surface area contributed by atoms with E-state index in [0.717, 1.165) is 34.6 Å². The number of halogens is 1. The zero-order valence-corrected chi connectivity index (χ0v) is 16.8. The molecule has 2 atom stereocenters. The average Bonchev–Trinajstić information content (AvgIpc) is 2.91. The zero-order valence-electron chi connectivity index (χ0n) is 16.8. The second kappa shape index (κ2) is 7.45. The van der Waals surface area contributed by atoms with E-state index in [1.54, 1.807) is 12.1 Å². The molecule has 0 radical (unpaired) electrons. The van der Waals surface area contributed by atoms with E-state index in [2.05, 4.69) is 41.8 Å². The van der Waals surface area contributed by atoms with Crippen LogP contribution in [0.1, 0.15) is 41.5 Å². The van der Waals surface area contributed by atoms with Crippen LogP contribution in [0.15, 0.2) is 84.1 Å². The van der Waals surface area contributed by atoms with Gasteiger partial charge in [-0.05, 0) is 54.7 Å². The molecule has 0 spiro atoms. The van der Waals surface area contributed by atoms with Crippen LogP contribution >= 0.6 is 0 Å². The Morgan fingerprint density at radius 2 is 1.50 bits per heavy atom. The van der Waals surface area contributed by atoms with Gasteiger partial charge >= 0.3 is 0 Å². The third-order valence-corrected chi connectivity index (χ3v) is 6.06. The van der Waals surface area contributed by atoms with Gasteiger partial charge in [-0.25, -0.2) is 4.39 Å². The maximum Gasteiger partial charge on any atom is 0.163 e. The number of benzene rings is 3. The number of hydrogen-bond donors (Lipinski definition) is 2. The first kappa shape index (κ1) is 18.6. The minimum atomic E-state index is -0.316. The van der Waals surface area contributed by atoms with Gasteiger partial charge in [0.05, 0.1) is 17.4 Å². The predicted octanol–water partition coefficient (Wildman–Crippen LogP) is 6.11. The minimum Gasteiger partial charge on any atom is -0.372 e. The number of ketones is 1. The van der Waals surface area contributed by atoms with Crippen molar-refractivity contribution in [1.29, 1.82) is 0 Å². The summed E-state index contributed by atoms with van der Waals surface area (Å²) < 4.78 is 13.5. The third kappa shape index (κ3) is 3.39. The zero-order chi connectivity index (χ0) is 20.7. The van der Waals surface area contributed by atoms with E-state index >= 15 is 0 Å². The van der Waals surface area contributed by atoms with Crippen molar-refractivity contribution in [2.24, 2.45) is 0 Å². The SMILES string of the molecule is Cc1ccc([C@@H]2CC(=O)C3=C(C2)Nc2ccccc2N[C@H]3c2ccc(F)cc2)cc1. The minimum absolute atomic E-state index is 0.129. The molecule has 2 N–H and O–H groups in total. The number of Topliss-reactive ketones (excluding diaryl/α,β-unsaturated/α-hetero) is 1. The number of fused-ring (bicyclic) bond motifs is 1. The molecule has 1 aliphatic carbocycles. The number of rotatable bonds is 2. The molecule has 5 rings (SSSR count). The molecule has 0 bridgehead atoms. The number of carbonyl (C=O) groups excluding carboxylic acids is 1. The summed E-state index contributed by atoms with van der Waals surface area (Å²) in [6, 6.07) is 22.5. The maximum atomic E-state index is 13.5. The van der Waals surface area contributed by atoms with Gasteiger partial charge < -0.3 is 10.6 Å². The molecule has 2 aliphatic rings. The van der Waals surface area contributed by atoms with Crippen molar-refractivity contribution in [1.82, 2.24) is 0 Å². The largest absolute Gasteiger partial charge is 0.372 e. The standard InChI is InChI=1S/C26H23FN2O/c1-16-6-8-17(9-7-16)19-14-23-25(24(30)15-19)26(18-10-12-20(27)13-11-18)29-22-5-3-2-4-21(22)28-23/h2-13,19,26,28-29H,14-15H2,1H3/t19-,26-/m0/s1. The first-order valence-electron chi connectivity index (χ1n) is 10.3. The molecule has 0 saturated heterocycles. The van der Waals surface area contributed by atoms with Crippen molar-refractivity contribution in [3.05, 3.63) is 107 Å². The Hall–Kier alpha value is -3.40. The van der Waals surface area contributed by atoms with Gasteiger partial charge in [-0.1, -0.05) is 54.1 Å². The normalized spacial score (nSPS) is 20.5. The molecule has 0 aromatic heterocycles. The molecule has 150 valence electrons. The van der Waals surface area contributed by atoms with Crippen molar-refractivity contribution in [2.75, 3.05) is 10.6 Å². The summed E-state index contributed by atoms with van der Waals surface area (Å²) in [7, 11) is 0. The van der Waals surface area contributed by atoms with Crippen LogP contribution in [0.5, 0.6) is 0 Å². The number of aryl methyl sites for hydroxylation is 1. The summed E-state index contributed by atoms with van der Waals surface area (Å²) in [5.41, 5.74) is 6.86. The van der Waals surface area contributed by atoms with Gasteiger partial charge in [0, 0.05) is 17.7 Å². The van der Waals surface area contributed by atoms with Crippen molar-refractivity contribution in [3.63, 3.8) is 0 Å². The lowest BCUT2D eigenvalue weighted by atomic mass is 9.78. The molecule has 3 aromatic carbocycles. The van der Waals surface area contributed by atoms with Crippen molar-refractivity contribution < 1.29 is 9.18 Å². The van der Waals surface area contributed by atoms with Gasteiger partial charge in [-0.2, -0.15) is 0 Å². The number of para-hydroxylation sites is 2. The molecule has 30 heavy (non-hydrogen) atoms. The van der Waals surface area contributed by atoms with Crippen molar-refractivity contribution in [2.45, 2.75) is 31.7 Å². The Kier molecular flexibility index (Phi) is 4.62. The monoisotopic (exact) mass is 398 g/mol. The van der Waals surface area contributed by atoms with Gasteiger partial charge in [0.1, 0.15) is 5.82 Å². The summed E-state index contributed by atoms with van der Waals surface area (Å²) in [5.74, 6) is -0.0121. The predicted molar refractivity (Wildman–Crippen MR) is 118 cm³/mol. The van der Waals surface area contributed by atoms with Crippen LogP contribution in [0.3, 0.4) is 0 Å². The summed E-state index contributed by atoms with van der Waals surface area (Å²) >= 11 is 0. The first-order valence-corrected chi connectivity index (χ1v) is 10.3. The van der Waals surface area contributed by atoms with E-state index in [9.17, 15) is 9.18 Å². The van der Waals surface area contributed by atoms with Crippen LogP contribution in [0.2, 0.25) is 0 Å². The highest BCUT2D eigenvalue weighted by Gasteiger charge is 2.35. The fraction of sp³-hybridized carbons (Fsp3) is 0.192. The Morgan fingerprint density at radius 3 is 2.23 bits per heavy atom. The van der Waals surface area contributed by atoms with E-state index in [4.69, 9.17) is 0 Å². The van der Waals surface area contributed by atoms with Crippen LogP contribution in [0.25, 0.3) is 0 Å². The lowest BCUT2D eigenvalue weighted by molar-refractivity contribution is -0.116. The fourth-order valence-electron chi connectivity index (χ4n) is 4.47. The topological polar surface area (TPSA) is 41.1 Å². The molecule has 3 aromatic rings.